The van der Waals surface area contributed by atoms with Crippen LogP contribution in [0.5, 0.6) is 5.75 Å². The topological polar surface area (TPSA) is 64.4 Å². The number of halogens is 1. The highest BCUT2D eigenvalue weighted by Crippen LogP contribution is 2.35. The van der Waals surface area contributed by atoms with Crippen molar-refractivity contribution in [2.24, 2.45) is 7.05 Å². The third-order valence-electron chi connectivity index (χ3n) is 3.14. The maximum absolute atomic E-state index is 10.9. The number of aromatic nitrogens is 2. The van der Waals surface area contributed by atoms with Crippen LogP contribution >= 0.6 is 15.9 Å². The van der Waals surface area contributed by atoms with Crippen LogP contribution in [0.3, 0.4) is 0 Å². The molecule has 1 aromatic heterocycles. The van der Waals surface area contributed by atoms with E-state index in [0.29, 0.717) is 6.10 Å². The van der Waals surface area contributed by atoms with Crippen molar-refractivity contribution < 1.29 is 14.6 Å². The molecule has 5 nitrogen and oxygen atoms in total. The molecule has 3 rings (SSSR count). The van der Waals surface area contributed by atoms with Crippen molar-refractivity contribution in [1.29, 1.82) is 0 Å². The summed E-state index contributed by atoms with van der Waals surface area (Å²) in [5.74, 6) is -0.212. The molecule has 0 atom stereocenters. The summed E-state index contributed by atoms with van der Waals surface area (Å²) in [5, 5.41) is 12.9. The van der Waals surface area contributed by atoms with E-state index in [-0.39, 0.29) is 5.69 Å². The van der Waals surface area contributed by atoms with Crippen LogP contribution in [0.1, 0.15) is 23.3 Å². The number of rotatable bonds is 4. The fourth-order valence-electron chi connectivity index (χ4n) is 1.96. The molecule has 0 radical (unpaired) electrons. The van der Waals surface area contributed by atoms with Crippen molar-refractivity contribution in [3.63, 3.8) is 0 Å². The molecule has 0 unspecified atom stereocenters. The molecule has 0 saturated heterocycles. The quantitative estimate of drug-likeness (QED) is 0.931. The molecule has 1 aliphatic carbocycles. The molecule has 1 N–H and O–H groups in total. The molecule has 20 heavy (non-hydrogen) atoms. The standard InChI is InChI=1S/C14H13BrN2O3/c1-17-12(7-11(16-17)14(18)19)8-2-5-13(10(15)6-8)20-9-3-4-9/h2,5-7,9H,3-4H2,1H3,(H,18,19). The van der Waals surface area contributed by atoms with Crippen molar-refractivity contribution in [1.82, 2.24) is 9.78 Å². The van der Waals surface area contributed by atoms with Crippen LogP contribution in [0.25, 0.3) is 11.3 Å². The van der Waals surface area contributed by atoms with Gasteiger partial charge in [-0.05, 0) is 53.0 Å². The number of carboxylic acids is 1. The van der Waals surface area contributed by atoms with Crippen LogP contribution in [-0.2, 0) is 7.05 Å². The maximum Gasteiger partial charge on any atom is 0.356 e. The first-order chi connectivity index (χ1) is 9.54. The van der Waals surface area contributed by atoms with E-state index in [4.69, 9.17) is 9.84 Å². The van der Waals surface area contributed by atoms with E-state index in [0.717, 1.165) is 34.3 Å². The lowest BCUT2D eigenvalue weighted by atomic mass is 10.1. The molecule has 104 valence electrons. The summed E-state index contributed by atoms with van der Waals surface area (Å²) in [7, 11) is 1.73. The minimum absolute atomic E-state index is 0.0388. The lowest BCUT2D eigenvalue weighted by Crippen LogP contribution is -1.99. The van der Waals surface area contributed by atoms with Crippen LogP contribution in [-0.4, -0.2) is 27.0 Å². The predicted molar refractivity (Wildman–Crippen MR) is 77.0 cm³/mol. The van der Waals surface area contributed by atoms with Crippen molar-refractivity contribution in [2.75, 3.05) is 0 Å². The zero-order valence-electron chi connectivity index (χ0n) is 10.8. The summed E-state index contributed by atoms with van der Waals surface area (Å²) in [5.41, 5.74) is 1.68. The first-order valence-corrected chi connectivity index (χ1v) is 7.08. The SMILES string of the molecule is Cn1nc(C(=O)O)cc1-c1ccc(OC2CC2)c(Br)c1. The number of hydrogen-bond acceptors (Lipinski definition) is 3. The van der Waals surface area contributed by atoms with Gasteiger partial charge in [-0.25, -0.2) is 4.79 Å². The summed E-state index contributed by atoms with van der Waals surface area (Å²) in [6, 6.07) is 7.28. The average Bonchev–Trinajstić information content (AvgIpc) is 3.12. The Balaban J connectivity index is 1.93. The molecule has 0 bridgehead atoms. The van der Waals surface area contributed by atoms with Gasteiger partial charge in [-0.3, -0.25) is 4.68 Å². The Morgan fingerprint density at radius 2 is 2.20 bits per heavy atom. The second-order valence-corrected chi connectivity index (χ2v) is 5.66. The molecule has 0 amide bonds. The first kappa shape index (κ1) is 13.2. The van der Waals surface area contributed by atoms with E-state index in [9.17, 15) is 4.79 Å². The molecule has 0 aliphatic heterocycles. The first-order valence-electron chi connectivity index (χ1n) is 6.28. The highest BCUT2D eigenvalue weighted by molar-refractivity contribution is 9.10. The van der Waals surface area contributed by atoms with Crippen molar-refractivity contribution in [3.05, 3.63) is 34.4 Å². The summed E-state index contributed by atoms with van der Waals surface area (Å²) in [6.45, 7) is 0. The number of hydrogen-bond donors (Lipinski definition) is 1. The zero-order valence-corrected chi connectivity index (χ0v) is 12.4. The second-order valence-electron chi connectivity index (χ2n) is 4.81. The van der Waals surface area contributed by atoms with Gasteiger partial charge in [0, 0.05) is 12.6 Å². The van der Waals surface area contributed by atoms with Crippen molar-refractivity contribution >= 4 is 21.9 Å². The Morgan fingerprint density at radius 1 is 1.45 bits per heavy atom. The smallest absolute Gasteiger partial charge is 0.356 e. The van der Waals surface area contributed by atoms with Crippen molar-refractivity contribution in [2.45, 2.75) is 18.9 Å². The largest absolute Gasteiger partial charge is 0.489 e. The van der Waals surface area contributed by atoms with Gasteiger partial charge in [0.05, 0.1) is 16.3 Å². The van der Waals surface area contributed by atoms with Gasteiger partial charge < -0.3 is 9.84 Å². The summed E-state index contributed by atoms with van der Waals surface area (Å²) in [6.07, 6.45) is 2.56. The lowest BCUT2D eigenvalue weighted by Gasteiger charge is -2.09. The van der Waals surface area contributed by atoms with E-state index >= 15 is 0 Å². The molecule has 6 heteroatoms. The highest BCUT2D eigenvalue weighted by Gasteiger charge is 2.24. The average molecular weight is 337 g/mol. The number of ether oxygens (including phenoxy) is 1. The van der Waals surface area contributed by atoms with Gasteiger partial charge in [-0.1, -0.05) is 0 Å². The van der Waals surface area contributed by atoms with Gasteiger partial charge in [0.2, 0.25) is 0 Å². The number of aryl methyl sites for hydroxylation is 1. The Hall–Kier alpha value is -1.82. The number of carboxylic acid groups (broad SMARTS) is 1. The summed E-state index contributed by atoms with van der Waals surface area (Å²) in [4.78, 5) is 10.9. The molecule has 2 aromatic rings. The van der Waals surface area contributed by atoms with Crippen LogP contribution in [0, 0.1) is 0 Å². The third-order valence-corrected chi connectivity index (χ3v) is 3.76. The second kappa shape index (κ2) is 4.94. The number of carbonyl (C=O) groups is 1. The van der Waals surface area contributed by atoms with Crippen LogP contribution in [0.2, 0.25) is 0 Å². The minimum atomic E-state index is -1.03. The van der Waals surface area contributed by atoms with E-state index in [1.807, 2.05) is 18.2 Å². The Bertz CT molecular complexity index is 677. The van der Waals surface area contributed by atoms with E-state index in [2.05, 4.69) is 21.0 Å². The fourth-order valence-corrected chi connectivity index (χ4v) is 2.44. The predicted octanol–water partition coefficient (Wildman–Crippen LogP) is 3.09. The maximum atomic E-state index is 10.9. The van der Waals surface area contributed by atoms with Gasteiger partial charge in [0.15, 0.2) is 5.69 Å². The normalized spacial score (nSPS) is 14.3. The van der Waals surface area contributed by atoms with E-state index in [1.165, 1.54) is 0 Å². The van der Waals surface area contributed by atoms with Gasteiger partial charge in [-0.2, -0.15) is 5.10 Å². The van der Waals surface area contributed by atoms with Crippen LogP contribution in [0.4, 0.5) is 0 Å². The van der Waals surface area contributed by atoms with Crippen molar-refractivity contribution in [3.8, 4) is 17.0 Å². The molecular weight excluding hydrogens is 324 g/mol. The van der Waals surface area contributed by atoms with Gasteiger partial charge in [0.1, 0.15) is 5.75 Å². The van der Waals surface area contributed by atoms with E-state index in [1.54, 1.807) is 17.8 Å². The zero-order chi connectivity index (χ0) is 14.3. The molecule has 1 fully saturated rings. The molecule has 1 aromatic carbocycles. The fraction of sp³-hybridized carbons (Fsp3) is 0.286. The Morgan fingerprint density at radius 3 is 2.75 bits per heavy atom. The molecule has 1 aliphatic rings. The highest BCUT2D eigenvalue weighted by atomic mass is 79.9. The summed E-state index contributed by atoms with van der Waals surface area (Å²) < 4.78 is 8.18. The molecule has 1 saturated carbocycles. The van der Waals surface area contributed by atoms with Gasteiger partial charge >= 0.3 is 5.97 Å². The summed E-state index contributed by atoms with van der Waals surface area (Å²) >= 11 is 3.49. The number of nitrogens with zero attached hydrogens (tertiary/aromatic N) is 2. The van der Waals surface area contributed by atoms with Crippen LogP contribution < -0.4 is 4.74 Å². The van der Waals surface area contributed by atoms with Gasteiger partial charge in [-0.15, -0.1) is 0 Å². The van der Waals surface area contributed by atoms with E-state index < -0.39 is 5.97 Å². The minimum Gasteiger partial charge on any atom is -0.489 e. The lowest BCUT2D eigenvalue weighted by molar-refractivity contribution is 0.0689. The Labute approximate surface area is 124 Å². The third kappa shape index (κ3) is 2.56. The van der Waals surface area contributed by atoms with Crippen LogP contribution in [0.15, 0.2) is 28.7 Å². The molecule has 0 spiro atoms. The van der Waals surface area contributed by atoms with Gasteiger partial charge in [0.25, 0.3) is 0 Å². The number of benzene rings is 1. The molecular formula is C14H13BrN2O3. The Kier molecular flexibility index (Phi) is 3.25. The number of aromatic carboxylic acids is 1. The monoisotopic (exact) mass is 336 g/mol. The molecule has 1 heterocycles.